The SMILES string of the molecule is Nc1cccnc1Sc1ccc(C(F)(F)F)nn1. The maximum absolute atomic E-state index is 12.3. The molecule has 0 aliphatic carbocycles. The second kappa shape index (κ2) is 4.81. The molecule has 0 bridgehead atoms. The van der Waals surface area contributed by atoms with Gasteiger partial charge in [-0.1, -0.05) is 0 Å². The molecule has 2 rings (SSSR count). The number of hydrogen-bond donors (Lipinski definition) is 1. The molecule has 0 atom stereocenters. The lowest BCUT2D eigenvalue weighted by molar-refractivity contribution is -0.141. The Kier molecular flexibility index (Phi) is 3.37. The summed E-state index contributed by atoms with van der Waals surface area (Å²) in [6.45, 7) is 0. The molecule has 0 amide bonds. The van der Waals surface area contributed by atoms with Crippen LogP contribution in [0, 0.1) is 0 Å². The van der Waals surface area contributed by atoms with Gasteiger partial charge in [0.15, 0.2) is 5.69 Å². The van der Waals surface area contributed by atoms with E-state index in [-0.39, 0.29) is 0 Å². The highest BCUT2D eigenvalue weighted by atomic mass is 32.2. The van der Waals surface area contributed by atoms with Crippen LogP contribution in [-0.4, -0.2) is 15.2 Å². The maximum Gasteiger partial charge on any atom is 0.435 e. The molecule has 0 radical (unpaired) electrons. The first-order valence-corrected chi connectivity index (χ1v) is 5.58. The number of anilines is 1. The lowest BCUT2D eigenvalue weighted by Gasteiger charge is -2.05. The highest BCUT2D eigenvalue weighted by Crippen LogP contribution is 2.30. The molecule has 0 aromatic carbocycles. The molecule has 0 aliphatic heterocycles. The van der Waals surface area contributed by atoms with Crippen LogP contribution in [0.5, 0.6) is 0 Å². The summed E-state index contributed by atoms with van der Waals surface area (Å²) < 4.78 is 36.8. The number of aromatic nitrogens is 3. The van der Waals surface area contributed by atoms with Gasteiger partial charge in [0.2, 0.25) is 0 Å². The molecule has 18 heavy (non-hydrogen) atoms. The van der Waals surface area contributed by atoms with Crippen LogP contribution in [-0.2, 0) is 6.18 Å². The molecular weight excluding hydrogens is 265 g/mol. The van der Waals surface area contributed by atoms with Gasteiger partial charge >= 0.3 is 6.18 Å². The van der Waals surface area contributed by atoms with Crippen LogP contribution >= 0.6 is 11.8 Å². The van der Waals surface area contributed by atoms with Crippen molar-refractivity contribution in [3.05, 3.63) is 36.2 Å². The minimum absolute atomic E-state index is 0.299. The van der Waals surface area contributed by atoms with Crippen molar-refractivity contribution < 1.29 is 13.2 Å². The molecule has 4 nitrogen and oxygen atoms in total. The quantitative estimate of drug-likeness (QED) is 0.910. The minimum atomic E-state index is -4.49. The van der Waals surface area contributed by atoms with E-state index >= 15 is 0 Å². The van der Waals surface area contributed by atoms with Crippen molar-refractivity contribution in [2.75, 3.05) is 5.73 Å². The van der Waals surface area contributed by atoms with Gasteiger partial charge in [0, 0.05) is 6.20 Å². The predicted molar refractivity (Wildman–Crippen MR) is 59.8 cm³/mol. The van der Waals surface area contributed by atoms with Crippen molar-refractivity contribution in [2.45, 2.75) is 16.2 Å². The van der Waals surface area contributed by atoms with E-state index in [4.69, 9.17) is 5.73 Å². The molecule has 0 saturated carbocycles. The molecule has 0 aliphatic rings. The summed E-state index contributed by atoms with van der Waals surface area (Å²) >= 11 is 1.06. The molecule has 0 fully saturated rings. The van der Waals surface area contributed by atoms with Gasteiger partial charge in [0.1, 0.15) is 10.1 Å². The highest BCUT2D eigenvalue weighted by Gasteiger charge is 2.32. The number of hydrogen-bond acceptors (Lipinski definition) is 5. The fourth-order valence-electron chi connectivity index (χ4n) is 1.11. The average molecular weight is 272 g/mol. The van der Waals surface area contributed by atoms with E-state index in [0.717, 1.165) is 17.8 Å². The van der Waals surface area contributed by atoms with Gasteiger partial charge < -0.3 is 5.73 Å². The normalized spacial score (nSPS) is 11.5. The molecular formula is C10H7F3N4S. The van der Waals surface area contributed by atoms with E-state index in [0.29, 0.717) is 15.7 Å². The first kappa shape index (κ1) is 12.6. The molecule has 2 aromatic rings. The van der Waals surface area contributed by atoms with E-state index < -0.39 is 11.9 Å². The third kappa shape index (κ3) is 2.89. The van der Waals surface area contributed by atoms with Crippen LogP contribution in [0.1, 0.15) is 5.69 Å². The Labute approximate surface area is 104 Å². The number of nitrogens with two attached hydrogens (primary N) is 1. The van der Waals surface area contributed by atoms with Crippen LogP contribution in [0.15, 0.2) is 40.5 Å². The smallest absolute Gasteiger partial charge is 0.397 e. The Morgan fingerprint density at radius 1 is 1.11 bits per heavy atom. The summed E-state index contributed by atoms with van der Waals surface area (Å²) in [6.07, 6.45) is -2.95. The molecule has 2 heterocycles. The molecule has 94 valence electrons. The van der Waals surface area contributed by atoms with E-state index in [9.17, 15) is 13.2 Å². The molecule has 8 heteroatoms. The van der Waals surface area contributed by atoms with Crippen molar-refractivity contribution in [3.8, 4) is 0 Å². The minimum Gasteiger partial charge on any atom is -0.397 e. The molecule has 0 spiro atoms. The van der Waals surface area contributed by atoms with Gasteiger partial charge in [-0.05, 0) is 36.0 Å². The van der Waals surface area contributed by atoms with Gasteiger partial charge in [-0.3, -0.25) is 0 Å². The second-order valence-corrected chi connectivity index (χ2v) is 4.26. The number of rotatable bonds is 2. The van der Waals surface area contributed by atoms with Crippen LogP contribution in [0.3, 0.4) is 0 Å². The van der Waals surface area contributed by atoms with Crippen LogP contribution in [0.2, 0.25) is 0 Å². The molecule has 2 N–H and O–H groups in total. The summed E-state index contributed by atoms with van der Waals surface area (Å²) in [4.78, 5) is 3.99. The highest BCUT2D eigenvalue weighted by molar-refractivity contribution is 7.99. The monoisotopic (exact) mass is 272 g/mol. The number of halogens is 3. The van der Waals surface area contributed by atoms with Crippen LogP contribution in [0.25, 0.3) is 0 Å². The zero-order valence-corrected chi connectivity index (χ0v) is 9.66. The van der Waals surface area contributed by atoms with Crippen molar-refractivity contribution in [3.63, 3.8) is 0 Å². The zero-order chi connectivity index (χ0) is 13.2. The lowest BCUT2D eigenvalue weighted by atomic mass is 10.4. The average Bonchev–Trinajstić information content (AvgIpc) is 2.32. The summed E-state index contributed by atoms with van der Waals surface area (Å²) in [7, 11) is 0. The number of alkyl halides is 3. The van der Waals surface area contributed by atoms with E-state index in [1.807, 2.05) is 0 Å². The molecule has 2 aromatic heterocycles. The number of nitrogens with zero attached hydrogens (tertiary/aromatic N) is 3. The third-order valence-electron chi connectivity index (χ3n) is 1.93. The first-order valence-electron chi connectivity index (χ1n) is 4.76. The van der Waals surface area contributed by atoms with Crippen molar-refractivity contribution in [1.82, 2.24) is 15.2 Å². The summed E-state index contributed by atoms with van der Waals surface area (Å²) in [6, 6.07) is 5.41. The Hall–Kier alpha value is -1.83. The van der Waals surface area contributed by atoms with Gasteiger partial charge in [-0.15, -0.1) is 10.2 Å². The van der Waals surface area contributed by atoms with Crippen LogP contribution in [0.4, 0.5) is 18.9 Å². The van der Waals surface area contributed by atoms with Crippen molar-refractivity contribution >= 4 is 17.4 Å². The fraction of sp³-hybridized carbons (Fsp3) is 0.100. The summed E-state index contributed by atoms with van der Waals surface area (Å²) in [5.74, 6) is 0. The largest absolute Gasteiger partial charge is 0.435 e. The Morgan fingerprint density at radius 3 is 2.44 bits per heavy atom. The van der Waals surface area contributed by atoms with Gasteiger partial charge in [-0.2, -0.15) is 13.2 Å². The van der Waals surface area contributed by atoms with E-state index in [1.54, 1.807) is 12.1 Å². The third-order valence-corrected chi connectivity index (χ3v) is 2.89. The van der Waals surface area contributed by atoms with E-state index in [2.05, 4.69) is 15.2 Å². The second-order valence-electron chi connectivity index (χ2n) is 3.25. The van der Waals surface area contributed by atoms with Gasteiger partial charge in [0.05, 0.1) is 5.69 Å². The Morgan fingerprint density at radius 2 is 1.89 bits per heavy atom. The maximum atomic E-state index is 12.3. The van der Waals surface area contributed by atoms with E-state index in [1.165, 1.54) is 12.3 Å². The standard InChI is InChI=1S/C10H7F3N4S/c11-10(12,13)7-3-4-8(17-16-7)18-9-6(14)2-1-5-15-9/h1-5H,14H2. The van der Waals surface area contributed by atoms with Gasteiger partial charge in [0.25, 0.3) is 0 Å². The molecule has 0 unspecified atom stereocenters. The fourth-order valence-corrected chi connectivity index (χ4v) is 1.83. The lowest BCUT2D eigenvalue weighted by Crippen LogP contribution is -2.08. The summed E-state index contributed by atoms with van der Waals surface area (Å²) in [5, 5.41) is 7.37. The predicted octanol–water partition coefficient (Wildman–Crippen LogP) is 2.62. The van der Waals surface area contributed by atoms with Crippen molar-refractivity contribution in [1.29, 1.82) is 0 Å². The first-order chi connectivity index (χ1) is 8.47. The zero-order valence-electron chi connectivity index (χ0n) is 8.85. The number of nitrogen functional groups attached to an aromatic ring is 1. The summed E-state index contributed by atoms with van der Waals surface area (Å²) in [5.41, 5.74) is 5.06. The Balaban J connectivity index is 2.19. The van der Waals surface area contributed by atoms with Crippen molar-refractivity contribution in [2.24, 2.45) is 0 Å². The topological polar surface area (TPSA) is 64.7 Å². The Bertz CT molecular complexity index is 542. The number of pyridine rings is 1. The molecule has 0 saturated heterocycles. The van der Waals surface area contributed by atoms with Gasteiger partial charge in [-0.25, -0.2) is 4.98 Å². The van der Waals surface area contributed by atoms with Crippen LogP contribution < -0.4 is 5.73 Å².